The Morgan fingerprint density at radius 3 is 2.08 bits per heavy atom. The van der Waals surface area contributed by atoms with E-state index in [0.29, 0.717) is 25.6 Å². The van der Waals surface area contributed by atoms with Gasteiger partial charge in [-0.2, -0.15) is 0 Å². The third kappa shape index (κ3) is 5.39. The van der Waals surface area contributed by atoms with Crippen LogP contribution in [0.15, 0.2) is 78.9 Å². The van der Waals surface area contributed by atoms with E-state index in [1.165, 1.54) is 48.8 Å². The number of hydrogen-bond donors (Lipinski definition) is 0. The highest BCUT2D eigenvalue weighted by molar-refractivity contribution is 5.95. The van der Waals surface area contributed by atoms with Crippen molar-refractivity contribution >= 4 is 11.8 Å². The molecule has 196 valence electrons. The van der Waals surface area contributed by atoms with Crippen molar-refractivity contribution in [1.82, 2.24) is 14.7 Å². The molecule has 5 heteroatoms. The summed E-state index contributed by atoms with van der Waals surface area (Å²) in [5.74, 6) is 0.841. The number of fused-ring (bicyclic) bond motifs is 1. The first-order chi connectivity index (χ1) is 18.6. The van der Waals surface area contributed by atoms with Gasteiger partial charge in [0, 0.05) is 32.7 Å². The molecule has 3 aromatic rings. The summed E-state index contributed by atoms with van der Waals surface area (Å²) in [5.41, 5.74) is 6.12. The smallest absolute Gasteiger partial charge is 0.247 e. The molecular weight excluding hydrogens is 470 g/mol. The molecule has 0 spiro atoms. The molecule has 1 aliphatic carbocycles. The minimum absolute atomic E-state index is 0.0620. The largest absolute Gasteiger partial charge is 0.327 e. The van der Waals surface area contributed by atoms with Crippen LogP contribution in [-0.4, -0.2) is 58.7 Å². The molecule has 0 bridgehead atoms. The van der Waals surface area contributed by atoms with Gasteiger partial charge in [-0.05, 0) is 46.6 Å². The first-order valence-corrected chi connectivity index (χ1v) is 14.2. The van der Waals surface area contributed by atoms with Crippen molar-refractivity contribution in [3.05, 3.63) is 95.6 Å². The van der Waals surface area contributed by atoms with Crippen LogP contribution in [0.3, 0.4) is 0 Å². The Morgan fingerprint density at radius 1 is 0.684 bits per heavy atom. The zero-order valence-corrected chi connectivity index (χ0v) is 22.1. The quantitative estimate of drug-likeness (QED) is 0.445. The second-order valence-corrected chi connectivity index (χ2v) is 11.2. The summed E-state index contributed by atoms with van der Waals surface area (Å²) >= 11 is 0. The van der Waals surface area contributed by atoms with Gasteiger partial charge < -0.3 is 9.80 Å². The predicted octanol–water partition coefficient (Wildman–Crippen LogP) is 5.46. The number of rotatable bonds is 6. The Labute approximate surface area is 226 Å². The lowest BCUT2D eigenvalue weighted by molar-refractivity contribution is -0.160. The average Bonchev–Trinajstić information content (AvgIpc) is 2.97. The molecule has 2 amide bonds. The van der Waals surface area contributed by atoms with Crippen LogP contribution < -0.4 is 0 Å². The van der Waals surface area contributed by atoms with E-state index >= 15 is 0 Å². The zero-order chi connectivity index (χ0) is 25.9. The number of carbonyl (C=O) groups is 2. The van der Waals surface area contributed by atoms with Crippen molar-refractivity contribution < 1.29 is 9.59 Å². The van der Waals surface area contributed by atoms with Gasteiger partial charge in [-0.25, -0.2) is 0 Å². The predicted molar refractivity (Wildman–Crippen MR) is 150 cm³/mol. The van der Waals surface area contributed by atoms with Gasteiger partial charge in [0.05, 0.1) is 0 Å². The summed E-state index contributed by atoms with van der Waals surface area (Å²) in [6, 6.07) is 27.3. The van der Waals surface area contributed by atoms with E-state index in [9.17, 15) is 9.59 Å². The molecule has 3 fully saturated rings. The summed E-state index contributed by atoms with van der Waals surface area (Å²) < 4.78 is 0. The Morgan fingerprint density at radius 2 is 1.34 bits per heavy atom. The molecule has 38 heavy (non-hydrogen) atoms. The summed E-state index contributed by atoms with van der Waals surface area (Å²) in [5, 5.41) is 0. The second kappa shape index (κ2) is 11.1. The normalized spacial score (nSPS) is 21.0. The molecule has 3 aliphatic rings. The standard InChI is InChI=1S/C33H37N3O2/c37-32-24-35(22-26-13-17-30(18-14-26)28-9-5-2-6-10-28)33(38)31-23-34(19-20-36(31)32)21-25-11-15-29(16-12-25)27-7-3-1-4-8-27/h2,5-6,9-18,27,31H,1,3-4,7-8,19-24H2. The van der Waals surface area contributed by atoms with E-state index in [0.717, 1.165) is 24.2 Å². The number of hydrogen-bond acceptors (Lipinski definition) is 3. The van der Waals surface area contributed by atoms with Crippen molar-refractivity contribution in [2.75, 3.05) is 26.2 Å². The number of benzene rings is 3. The molecule has 5 nitrogen and oxygen atoms in total. The highest BCUT2D eigenvalue weighted by Gasteiger charge is 2.42. The molecule has 1 atom stereocenters. The van der Waals surface area contributed by atoms with Crippen LogP contribution in [0.4, 0.5) is 0 Å². The number of amides is 2. The van der Waals surface area contributed by atoms with Crippen LogP contribution in [0, 0.1) is 0 Å². The minimum atomic E-state index is -0.393. The number of piperazine rings is 2. The van der Waals surface area contributed by atoms with Crippen molar-refractivity contribution in [1.29, 1.82) is 0 Å². The molecule has 0 N–H and O–H groups in total. The molecular formula is C33H37N3O2. The maximum Gasteiger partial charge on any atom is 0.247 e. The SMILES string of the molecule is O=C1C2CN(Cc3ccc(C4CCCCC4)cc3)CCN2C(=O)CN1Cc1ccc(-c2ccccc2)cc1. The van der Waals surface area contributed by atoms with Gasteiger partial charge in [0.2, 0.25) is 11.8 Å². The highest BCUT2D eigenvalue weighted by Crippen LogP contribution is 2.33. The molecule has 2 aliphatic heterocycles. The Kier molecular flexibility index (Phi) is 7.28. The van der Waals surface area contributed by atoms with Crippen LogP contribution in [-0.2, 0) is 22.7 Å². The van der Waals surface area contributed by atoms with E-state index in [-0.39, 0.29) is 18.4 Å². The third-order valence-corrected chi connectivity index (χ3v) is 8.60. The van der Waals surface area contributed by atoms with Crippen molar-refractivity contribution in [2.24, 2.45) is 0 Å². The summed E-state index contributed by atoms with van der Waals surface area (Å²) in [6.45, 7) is 3.47. The molecule has 6 rings (SSSR count). The van der Waals surface area contributed by atoms with Gasteiger partial charge in [0.25, 0.3) is 0 Å². The van der Waals surface area contributed by atoms with E-state index in [4.69, 9.17) is 0 Å². The fourth-order valence-corrected chi connectivity index (χ4v) is 6.41. The maximum atomic E-state index is 13.5. The fraction of sp³-hybridized carbons (Fsp3) is 0.394. The third-order valence-electron chi connectivity index (χ3n) is 8.60. The van der Waals surface area contributed by atoms with Crippen LogP contribution in [0.5, 0.6) is 0 Å². The first kappa shape index (κ1) is 24.9. The van der Waals surface area contributed by atoms with E-state index in [1.54, 1.807) is 9.80 Å². The van der Waals surface area contributed by atoms with Crippen molar-refractivity contribution in [3.8, 4) is 11.1 Å². The monoisotopic (exact) mass is 507 g/mol. The molecule has 0 aromatic heterocycles. The van der Waals surface area contributed by atoms with Gasteiger partial charge >= 0.3 is 0 Å². The maximum absolute atomic E-state index is 13.5. The van der Waals surface area contributed by atoms with E-state index in [1.807, 2.05) is 18.2 Å². The van der Waals surface area contributed by atoms with Gasteiger partial charge in [0.1, 0.15) is 12.6 Å². The van der Waals surface area contributed by atoms with E-state index in [2.05, 4.69) is 65.6 Å². The lowest BCUT2D eigenvalue weighted by Crippen LogP contribution is -2.66. The van der Waals surface area contributed by atoms with Crippen LogP contribution in [0.1, 0.15) is 54.7 Å². The molecule has 2 saturated heterocycles. The lowest BCUT2D eigenvalue weighted by atomic mass is 9.84. The fourth-order valence-electron chi connectivity index (χ4n) is 6.41. The van der Waals surface area contributed by atoms with Crippen LogP contribution >= 0.6 is 0 Å². The van der Waals surface area contributed by atoms with Crippen molar-refractivity contribution in [3.63, 3.8) is 0 Å². The topological polar surface area (TPSA) is 43.9 Å². The van der Waals surface area contributed by atoms with Gasteiger partial charge in [0.15, 0.2) is 0 Å². The van der Waals surface area contributed by atoms with Gasteiger partial charge in [-0.3, -0.25) is 14.5 Å². The summed E-state index contributed by atoms with van der Waals surface area (Å²) in [4.78, 5) is 32.4. The molecule has 3 aromatic carbocycles. The summed E-state index contributed by atoms with van der Waals surface area (Å²) in [6.07, 6.45) is 6.70. The molecule has 2 heterocycles. The van der Waals surface area contributed by atoms with Gasteiger partial charge in [-0.15, -0.1) is 0 Å². The van der Waals surface area contributed by atoms with Crippen LogP contribution in [0.2, 0.25) is 0 Å². The van der Waals surface area contributed by atoms with Gasteiger partial charge in [-0.1, -0.05) is 98.1 Å². The molecule has 1 saturated carbocycles. The number of nitrogens with zero attached hydrogens (tertiary/aromatic N) is 3. The number of carbonyl (C=O) groups excluding carboxylic acids is 2. The molecule has 0 radical (unpaired) electrons. The first-order valence-electron chi connectivity index (χ1n) is 14.2. The Hall–Kier alpha value is -3.44. The highest BCUT2D eigenvalue weighted by atomic mass is 16.2. The molecule has 1 unspecified atom stereocenters. The Balaban J connectivity index is 1.08. The average molecular weight is 508 g/mol. The van der Waals surface area contributed by atoms with Crippen molar-refractivity contribution in [2.45, 2.75) is 57.2 Å². The summed E-state index contributed by atoms with van der Waals surface area (Å²) in [7, 11) is 0. The van der Waals surface area contributed by atoms with E-state index < -0.39 is 6.04 Å². The zero-order valence-electron chi connectivity index (χ0n) is 22.1. The minimum Gasteiger partial charge on any atom is -0.327 e. The second-order valence-electron chi connectivity index (χ2n) is 11.2. The van der Waals surface area contributed by atoms with Crippen LogP contribution in [0.25, 0.3) is 11.1 Å². The lowest BCUT2D eigenvalue weighted by Gasteiger charge is -2.46. The Bertz CT molecular complexity index is 1250.